The molecule has 7 nitrogen and oxygen atoms in total. The number of carbonyl (C=O) groups is 2. The number of halogens is 1. The Bertz CT molecular complexity index is 624. The van der Waals surface area contributed by atoms with Crippen LogP contribution in [0.25, 0.3) is 0 Å². The average molecular weight is 356 g/mol. The Morgan fingerprint density at radius 1 is 1.38 bits per heavy atom. The number of rotatable bonds is 7. The number of hydrogen-bond donors (Lipinski definition) is 3. The standard InChI is InChI=1S/C16H22ClN3O4/c1-23-13-6-10(5-11(17)15(13)24-8-14(19)21)16(22)20-12-4-2-3-9(12)7-18/h5-6,9,12H,2-4,7-8,18H2,1H3,(H2,19,21)(H,20,22). The van der Waals surface area contributed by atoms with Crippen LogP contribution in [-0.2, 0) is 4.79 Å². The van der Waals surface area contributed by atoms with Crippen LogP contribution in [0.3, 0.4) is 0 Å². The summed E-state index contributed by atoms with van der Waals surface area (Å²) in [6, 6.07) is 3.06. The summed E-state index contributed by atoms with van der Waals surface area (Å²) in [7, 11) is 1.42. The van der Waals surface area contributed by atoms with Gasteiger partial charge in [0.05, 0.1) is 12.1 Å². The third-order valence-corrected chi connectivity index (χ3v) is 4.41. The Hall–Kier alpha value is -1.99. The van der Waals surface area contributed by atoms with Crippen molar-refractivity contribution in [1.29, 1.82) is 0 Å². The third-order valence-electron chi connectivity index (χ3n) is 4.13. The fourth-order valence-corrected chi connectivity index (χ4v) is 3.16. The molecule has 1 fully saturated rings. The highest BCUT2D eigenvalue weighted by molar-refractivity contribution is 6.32. The normalized spacial score (nSPS) is 19.8. The lowest BCUT2D eigenvalue weighted by Crippen LogP contribution is -2.39. The summed E-state index contributed by atoms with van der Waals surface area (Å²) in [5.74, 6) is -0.151. The van der Waals surface area contributed by atoms with Crippen LogP contribution in [0.15, 0.2) is 12.1 Å². The van der Waals surface area contributed by atoms with Crippen molar-refractivity contribution in [3.63, 3.8) is 0 Å². The summed E-state index contributed by atoms with van der Waals surface area (Å²) in [4.78, 5) is 23.3. The molecular weight excluding hydrogens is 334 g/mol. The Kier molecular flexibility index (Phi) is 6.28. The van der Waals surface area contributed by atoms with Gasteiger partial charge < -0.3 is 26.3 Å². The van der Waals surface area contributed by atoms with Crippen molar-refractivity contribution in [1.82, 2.24) is 5.32 Å². The summed E-state index contributed by atoms with van der Waals surface area (Å²) in [6.07, 6.45) is 2.99. The minimum absolute atomic E-state index is 0.0676. The van der Waals surface area contributed by atoms with E-state index in [9.17, 15) is 9.59 Å². The van der Waals surface area contributed by atoms with Crippen molar-refractivity contribution >= 4 is 23.4 Å². The van der Waals surface area contributed by atoms with E-state index in [4.69, 9.17) is 32.5 Å². The van der Waals surface area contributed by atoms with Crippen LogP contribution in [0.1, 0.15) is 29.6 Å². The molecular formula is C16H22ClN3O4. The average Bonchev–Trinajstić information content (AvgIpc) is 2.99. The molecule has 132 valence electrons. The number of carbonyl (C=O) groups excluding carboxylic acids is 2. The zero-order valence-electron chi connectivity index (χ0n) is 13.5. The summed E-state index contributed by atoms with van der Waals surface area (Å²) in [6.45, 7) is 0.219. The Balaban J connectivity index is 2.16. The van der Waals surface area contributed by atoms with Gasteiger partial charge in [-0.3, -0.25) is 9.59 Å². The van der Waals surface area contributed by atoms with Gasteiger partial charge in [0.1, 0.15) is 0 Å². The van der Waals surface area contributed by atoms with Crippen LogP contribution in [-0.4, -0.2) is 38.1 Å². The minimum atomic E-state index is -0.635. The molecule has 1 saturated carbocycles. The highest BCUT2D eigenvalue weighted by atomic mass is 35.5. The van der Waals surface area contributed by atoms with Crippen LogP contribution < -0.4 is 26.3 Å². The van der Waals surface area contributed by atoms with Crippen molar-refractivity contribution in [3.05, 3.63) is 22.7 Å². The van der Waals surface area contributed by atoms with Gasteiger partial charge >= 0.3 is 0 Å². The third kappa shape index (κ3) is 4.30. The number of benzene rings is 1. The minimum Gasteiger partial charge on any atom is -0.493 e. The van der Waals surface area contributed by atoms with Crippen LogP contribution in [0.4, 0.5) is 0 Å². The second-order valence-corrected chi connectivity index (χ2v) is 6.16. The van der Waals surface area contributed by atoms with E-state index in [1.807, 2.05) is 0 Å². The summed E-state index contributed by atoms with van der Waals surface area (Å²) < 4.78 is 10.4. The fourth-order valence-electron chi connectivity index (χ4n) is 2.90. The molecule has 24 heavy (non-hydrogen) atoms. The molecule has 0 saturated heterocycles. The van der Waals surface area contributed by atoms with Gasteiger partial charge in [0, 0.05) is 11.6 Å². The molecule has 1 aromatic carbocycles. The van der Waals surface area contributed by atoms with E-state index in [1.54, 1.807) is 0 Å². The molecule has 0 heterocycles. The predicted octanol–water partition coefficient (Wildman–Crippen LogP) is 1.07. The van der Waals surface area contributed by atoms with Crippen molar-refractivity contribution in [2.75, 3.05) is 20.3 Å². The molecule has 5 N–H and O–H groups in total. The van der Waals surface area contributed by atoms with Gasteiger partial charge in [-0.25, -0.2) is 0 Å². The number of primary amides is 1. The molecule has 0 bridgehead atoms. The Labute approximate surface area is 145 Å². The van der Waals surface area contributed by atoms with Gasteiger partial charge in [0.15, 0.2) is 18.1 Å². The molecule has 1 aliphatic carbocycles. The molecule has 1 aromatic rings. The number of nitrogens with two attached hydrogens (primary N) is 2. The van der Waals surface area contributed by atoms with E-state index in [0.29, 0.717) is 18.0 Å². The van der Waals surface area contributed by atoms with Gasteiger partial charge in [-0.05, 0) is 37.4 Å². The fraction of sp³-hybridized carbons (Fsp3) is 0.500. The van der Waals surface area contributed by atoms with Crippen LogP contribution in [0.2, 0.25) is 5.02 Å². The first-order chi connectivity index (χ1) is 11.5. The van der Waals surface area contributed by atoms with Gasteiger partial charge in [-0.2, -0.15) is 0 Å². The highest BCUT2D eigenvalue weighted by Crippen LogP contribution is 2.36. The van der Waals surface area contributed by atoms with E-state index >= 15 is 0 Å². The zero-order chi connectivity index (χ0) is 17.7. The van der Waals surface area contributed by atoms with Crippen molar-refractivity contribution in [2.45, 2.75) is 25.3 Å². The first-order valence-electron chi connectivity index (χ1n) is 7.75. The van der Waals surface area contributed by atoms with Gasteiger partial charge in [0.2, 0.25) is 0 Å². The molecule has 0 spiro atoms. The van der Waals surface area contributed by atoms with E-state index in [-0.39, 0.29) is 35.1 Å². The molecule has 2 amide bonds. The second kappa shape index (κ2) is 8.21. The second-order valence-electron chi connectivity index (χ2n) is 5.75. The Morgan fingerprint density at radius 3 is 2.75 bits per heavy atom. The number of ether oxygens (including phenoxy) is 2. The van der Waals surface area contributed by atoms with Gasteiger partial charge in [0.25, 0.3) is 11.8 Å². The molecule has 0 aromatic heterocycles. The molecule has 0 radical (unpaired) electrons. The lowest BCUT2D eigenvalue weighted by atomic mass is 10.0. The monoisotopic (exact) mass is 355 g/mol. The maximum atomic E-state index is 12.5. The van der Waals surface area contributed by atoms with E-state index in [1.165, 1.54) is 19.2 Å². The lowest BCUT2D eigenvalue weighted by Gasteiger charge is -2.20. The van der Waals surface area contributed by atoms with Crippen molar-refractivity contribution in [2.24, 2.45) is 17.4 Å². The summed E-state index contributed by atoms with van der Waals surface area (Å²) >= 11 is 6.16. The first kappa shape index (κ1) is 18.4. The maximum absolute atomic E-state index is 12.5. The maximum Gasteiger partial charge on any atom is 0.255 e. The summed E-state index contributed by atoms with van der Waals surface area (Å²) in [5.41, 5.74) is 11.1. The van der Waals surface area contributed by atoms with Gasteiger partial charge in [-0.15, -0.1) is 0 Å². The topological polar surface area (TPSA) is 117 Å². The largest absolute Gasteiger partial charge is 0.493 e. The Morgan fingerprint density at radius 2 is 2.12 bits per heavy atom. The van der Waals surface area contributed by atoms with Crippen molar-refractivity contribution < 1.29 is 19.1 Å². The quantitative estimate of drug-likeness (QED) is 0.676. The van der Waals surface area contributed by atoms with Crippen LogP contribution in [0, 0.1) is 5.92 Å². The molecule has 2 rings (SSSR count). The van der Waals surface area contributed by atoms with E-state index < -0.39 is 5.91 Å². The first-order valence-corrected chi connectivity index (χ1v) is 8.13. The molecule has 2 atom stereocenters. The number of amides is 2. The molecule has 1 aliphatic rings. The van der Waals surface area contributed by atoms with Crippen LogP contribution in [0.5, 0.6) is 11.5 Å². The van der Waals surface area contributed by atoms with E-state index in [0.717, 1.165) is 19.3 Å². The molecule has 0 aliphatic heterocycles. The lowest BCUT2D eigenvalue weighted by molar-refractivity contribution is -0.119. The number of nitrogens with one attached hydrogen (secondary N) is 1. The SMILES string of the molecule is COc1cc(C(=O)NC2CCCC2CN)cc(Cl)c1OCC(N)=O. The highest BCUT2D eigenvalue weighted by Gasteiger charge is 2.28. The molecule has 8 heteroatoms. The van der Waals surface area contributed by atoms with Crippen molar-refractivity contribution in [3.8, 4) is 11.5 Å². The number of hydrogen-bond acceptors (Lipinski definition) is 5. The smallest absolute Gasteiger partial charge is 0.255 e. The number of methoxy groups -OCH3 is 1. The zero-order valence-corrected chi connectivity index (χ0v) is 14.3. The van der Waals surface area contributed by atoms with Crippen LogP contribution >= 0.6 is 11.6 Å². The van der Waals surface area contributed by atoms with E-state index in [2.05, 4.69) is 5.32 Å². The molecule has 2 unspecified atom stereocenters. The predicted molar refractivity (Wildman–Crippen MR) is 90.3 cm³/mol. The summed E-state index contributed by atoms with van der Waals surface area (Å²) in [5, 5.41) is 3.17. The van der Waals surface area contributed by atoms with Gasteiger partial charge in [-0.1, -0.05) is 18.0 Å².